The van der Waals surface area contributed by atoms with Crippen molar-refractivity contribution in [3.05, 3.63) is 53.4 Å². The van der Waals surface area contributed by atoms with Crippen LogP contribution in [0.25, 0.3) is 4.85 Å². The lowest BCUT2D eigenvalue weighted by Crippen LogP contribution is -2.20. The van der Waals surface area contributed by atoms with Gasteiger partial charge in [-0.3, -0.25) is 0 Å². The van der Waals surface area contributed by atoms with Gasteiger partial charge in [-0.1, -0.05) is 35.8 Å². The number of hydrogen-bond donors (Lipinski definition) is 1. The molecule has 4 heteroatoms. The first kappa shape index (κ1) is 10.1. The second kappa shape index (κ2) is 4.88. The molecule has 0 spiro atoms. The molecule has 0 aromatic heterocycles. The SMILES string of the molecule is [C-]#[N+]/C=C(/[B]c1ccccc1)C(=O)O. The molecule has 0 aliphatic carbocycles. The van der Waals surface area contributed by atoms with E-state index >= 15 is 0 Å². The van der Waals surface area contributed by atoms with Crippen molar-refractivity contribution < 1.29 is 9.90 Å². The van der Waals surface area contributed by atoms with Crippen LogP contribution in [0.1, 0.15) is 0 Å². The summed E-state index contributed by atoms with van der Waals surface area (Å²) in [5.41, 5.74) is 0.760. The van der Waals surface area contributed by atoms with Crippen molar-refractivity contribution >= 4 is 18.7 Å². The van der Waals surface area contributed by atoms with Crippen LogP contribution in [0.2, 0.25) is 0 Å². The topological polar surface area (TPSA) is 41.7 Å². The smallest absolute Gasteiger partial charge is 0.311 e. The van der Waals surface area contributed by atoms with E-state index < -0.39 is 5.97 Å². The summed E-state index contributed by atoms with van der Waals surface area (Å²) in [5.74, 6) is -1.09. The Bertz CT molecular complexity index is 392. The van der Waals surface area contributed by atoms with Crippen LogP contribution in [0.3, 0.4) is 0 Å². The molecule has 1 radical (unpaired) electrons. The van der Waals surface area contributed by atoms with Gasteiger partial charge in [-0.25, -0.2) is 9.64 Å². The number of benzene rings is 1. The molecular formula is C10H7BNO2. The highest BCUT2D eigenvalue weighted by Crippen LogP contribution is 1.94. The van der Waals surface area contributed by atoms with E-state index in [2.05, 4.69) is 4.85 Å². The van der Waals surface area contributed by atoms with Crippen molar-refractivity contribution in [3.63, 3.8) is 0 Å². The molecule has 0 unspecified atom stereocenters. The summed E-state index contributed by atoms with van der Waals surface area (Å²) in [4.78, 5) is 13.6. The van der Waals surface area contributed by atoms with E-state index in [0.29, 0.717) is 0 Å². The van der Waals surface area contributed by atoms with Crippen LogP contribution in [0.4, 0.5) is 0 Å². The Labute approximate surface area is 82.7 Å². The van der Waals surface area contributed by atoms with Gasteiger partial charge in [0.15, 0.2) is 13.5 Å². The summed E-state index contributed by atoms with van der Waals surface area (Å²) >= 11 is 0. The first-order valence-corrected chi connectivity index (χ1v) is 3.94. The molecule has 67 valence electrons. The minimum absolute atomic E-state index is 0.00815. The number of carboxylic acids is 1. The molecule has 0 saturated carbocycles. The Balaban J connectivity index is 2.82. The molecule has 0 bridgehead atoms. The first-order valence-electron chi connectivity index (χ1n) is 3.94. The summed E-state index contributed by atoms with van der Waals surface area (Å²) in [6, 6.07) is 9.02. The maximum Gasteiger partial charge on any atom is 0.311 e. The zero-order valence-corrected chi connectivity index (χ0v) is 7.34. The van der Waals surface area contributed by atoms with Gasteiger partial charge >= 0.3 is 5.97 Å². The molecular weight excluding hydrogens is 177 g/mol. The van der Waals surface area contributed by atoms with E-state index in [1.807, 2.05) is 18.2 Å². The summed E-state index contributed by atoms with van der Waals surface area (Å²) in [5, 5.41) is 8.72. The highest BCUT2D eigenvalue weighted by molar-refractivity contribution is 6.66. The van der Waals surface area contributed by atoms with Crippen molar-refractivity contribution in [2.24, 2.45) is 0 Å². The summed E-state index contributed by atoms with van der Waals surface area (Å²) < 4.78 is 0. The average Bonchev–Trinajstić information content (AvgIpc) is 2.18. The van der Waals surface area contributed by atoms with Gasteiger partial charge in [0.2, 0.25) is 0 Å². The number of nitrogens with zero attached hydrogens (tertiary/aromatic N) is 1. The zero-order valence-electron chi connectivity index (χ0n) is 7.34. The van der Waals surface area contributed by atoms with Crippen LogP contribution < -0.4 is 5.46 Å². The lowest BCUT2D eigenvalue weighted by atomic mass is 9.63. The van der Waals surface area contributed by atoms with Gasteiger partial charge in [0.1, 0.15) is 0 Å². The molecule has 0 amide bonds. The summed E-state index contributed by atoms with van der Waals surface area (Å²) in [6.07, 6.45) is 0.995. The van der Waals surface area contributed by atoms with Gasteiger partial charge in [0, 0.05) is 5.47 Å². The normalized spacial score (nSPS) is 10.4. The van der Waals surface area contributed by atoms with Gasteiger partial charge < -0.3 is 5.11 Å². The van der Waals surface area contributed by atoms with E-state index in [1.54, 1.807) is 12.1 Å². The fraction of sp³-hybridized carbons (Fsp3) is 0. The number of rotatable bonds is 3. The van der Waals surface area contributed by atoms with Gasteiger partial charge in [-0.15, -0.1) is 0 Å². The molecule has 1 aromatic carbocycles. The predicted molar refractivity (Wildman–Crippen MR) is 54.2 cm³/mol. The second-order valence-electron chi connectivity index (χ2n) is 2.57. The van der Waals surface area contributed by atoms with Gasteiger partial charge in [-0.2, -0.15) is 0 Å². The molecule has 1 N–H and O–H groups in total. The maximum atomic E-state index is 10.7. The fourth-order valence-corrected chi connectivity index (χ4v) is 0.953. The van der Waals surface area contributed by atoms with Gasteiger partial charge in [-0.05, 0) is 0 Å². The van der Waals surface area contributed by atoms with E-state index in [0.717, 1.165) is 11.7 Å². The van der Waals surface area contributed by atoms with Crippen molar-refractivity contribution in [1.29, 1.82) is 0 Å². The Morgan fingerprint density at radius 1 is 1.43 bits per heavy atom. The second-order valence-corrected chi connectivity index (χ2v) is 2.57. The van der Waals surface area contributed by atoms with Crippen molar-refractivity contribution in [1.82, 2.24) is 0 Å². The quantitative estimate of drug-likeness (QED) is 0.430. The lowest BCUT2D eigenvalue weighted by molar-refractivity contribution is -0.131. The summed E-state index contributed by atoms with van der Waals surface area (Å²) in [6.45, 7) is 6.56. The Kier molecular flexibility index (Phi) is 3.51. The van der Waals surface area contributed by atoms with Crippen molar-refractivity contribution in [3.8, 4) is 0 Å². The van der Waals surface area contributed by atoms with Crippen molar-refractivity contribution in [2.45, 2.75) is 0 Å². The van der Waals surface area contributed by atoms with Crippen LogP contribution >= 0.6 is 0 Å². The molecule has 0 fully saturated rings. The number of aliphatic carboxylic acids is 1. The van der Waals surface area contributed by atoms with Gasteiger partial charge in [0.05, 0.1) is 6.57 Å². The molecule has 1 rings (SSSR count). The molecule has 0 saturated heterocycles. The highest BCUT2D eigenvalue weighted by Gasteiger charge is 2.08. The van der Waals surface area contributed by atoms with Gasteiger partial charge in [0.25, 0.3) is 0 Å². The average molecular weight is 184 g/mol. The Morgan fingerprint density at radius 2 is 2.07 bits per heavy atom. The number of carbonyl (C=O) groups is 1. The summed E-state index contributed by atoms with van der Waals surface area (Å²) in [7, 11) is 1.46. The lowest BCUT2D eigenvalue weighted by Gasteiger charge is -1.98. The molecule has 0 heterocycles. The van der Waals surface area contributed by atoms with E-state index in [9.17, 15) is 4.79 Å². The molecule has 0 aliphatic rings. The van der Waals surface area contributed by atoms with E-state index in [-0.39, 0.29) is 5.47 Å². The third-order valence-corrected chi connectivity index (χ3v) is 1.57. The molecule has 1 aromatic rings. The van der Waals surface area contributed by atoms with Crippen molar-refractivity contribution in [2.75, 3.05) is 0 Å². The fourth-order valence-electron chi connectivity index (χ4n) is 0.953. The minimum Gasteiger partial charge on any atom is -0.479 e. The van der Waals surface area contributed by atoms with Crippen LogP contribution in [0, 0.1) is 6.57 Å². The molecule has 14 heavy (non-hydrogen) atoms. The maximum absolute atomic E-state index is 10.7. The Hall–Kier alpha value is -2.02. The number of carboxylic acid groups (broad SMARTS) is 1. The van der Waals surface area contributed by atoms with Crippen LogP contribution in [-0.4, -0.2) is 18.4 Å². The van der Waals surface area contributed by atoms with Crippen LogP contribution in [0.5, 0.6) is 0 Å². The first-order chi connectivity index (χ1) is 6.74. The zero-order chi connectivity index (χ0) is 10.4. The third-order valence-electron chi connectivity index (χ3n) is 1.57. The largest absolute Gasteiger partial charge is 0.479 e. The molecule has 0 atom stereocenters. The molecule has 3 nitrogen and oxygen atoms in total. The monoisotopic (exact) mass is 184 g/mol. The highest BCUT2D eigenvalue weighted by atomic mass is 16.4. The molecule has 0 aliphatic heterocycles. The Morgan fingerprint density at radius 3 is 2.57 bits per heavy atom. The van der Waals surface area contributed by atoms with E-state index in [4.69, 9.17) is 11.7 Å². The minimum atomic E-state index is -1.09. The number of hydrogen-bond acceptors (Lipinski definition) is 1. The van der Waals surface area contributed by atoms with Crippen LogP contribution in [-0.2, 0) is 4.79 Å². The standard InChI is InChI=1S/C10H7BNO2/c1-12-7-9(10(13)14)11-8-5-3-2-4-6-8/h2-7H,(H,13,14)/b9-7+. The van der Waals surface area contributed by atoms with Crippen LogP contribution in [0.15, 0.2) is 42.0 Å². The third kappa shape index (κ3) is 2.79. The van der Waals surface area contributed by atoms with E-state index in [1.165, 1.54) is 7.28 Å². The predicted octanol–water partition coefficient (Wildman–Crippen LogP) is 0.861.